The summed E-state index contributed by atoms with van der Waals surface area (Å²) >= 11 is 0. The predicted octanol–water partition coefficient (Wildman–Crippen LogP) is 1.64. The topological polar surface area (TPSA) is 48.1 Å². The number of piperazine rings is 1. The van der Waals surface area contributed by atoms with Gasteiger partial charge in [0.2, 0.25) is 0 Å². The molecule has 0 radical (unpaired) electrons. The van der Waals surface area contributed by atoms with Crippen LogP contribution in [0.15, 0.2) is 36.5 Å². The Morgan fingerprint density at radius 2 is 1.93 bits per heavy atom. The molecule has 1 aromatic heterocycles. The quantitative estimate of drug-likeness (QED) is 0.783. The van der Waals surface area contributed by atoms with Crippen molar-refractivity contribution in [1.29, 1.82) is 0 Å². The van der Waals surface area contributed by atoms with Crippen LogP contribution in [-0.4, -0.2) is 39.1 Å². The van der Waals surface area contributed by atoms with Gasteiger partial charge in [-0.05, 0) is 31.2 Å². The molecule has 28 heavy (non-hydrogen) atoms. The van der Waals surface area contributed by atoms with E-state index in [1.807, 2.05) is 17.0 Å². The van der Waals surface area contributed by atoms with E-state index in [-0.39, 0.29) is 5.78 Å². The SMILES string of the molecule is COc1ccc(C(C)=O)cc1C[NH+]1CCN(c2ccc(C(F)(F)F)c[nH+]2)CC1. The van der Waals surface area contributed by atoms with Gasteiger partial charge in [0.05, 0.1) is 12.7 Å². The average molecular weight is 395 g/mol. The Bertz CT molecular complexity index is 830. The first-order chi connectivity index (χ1) is 13.3. The Hall–Kier alpha value is -2.61. The highest BCUT2D eigenvalue weighted by Gasteiger charge is 2.33. The average Bonchev–Trinajstić information content (AvgIpc) is 2.68. The third kappa shape index (κ3) is 4.62. The lowest BCUT2D eigenvalue weighted by Gasteiger charge is -2.28. The Morgan fingerprint density at radius 3 is 2.46 bits per heavy atom. The molecule has 5 nitrogen and oxygen atoms in total. The molecule has 2 aromatic rings. The molecule has 2 heterocycles. The minimum Gasteiger partial charge on any atom is -0.496 e. The molecular weight excluding hydrogens is 371 g/mol. The van der Waals surface area contributed by atoms with Gasteiger partial charge in [-0.2, -0.15) is 13.2 Å². The smallest absolute Gasteiger partial charge is 0.419 e. The van der Waals surface area contributed by atoms with E-state index in [1.165, 1.54) is 17.9 Å². The number of ether oxygens (including phenoxy) is 1. The number of nitrogens with zero attached hydrogens (tertiary/aromatic N) is 1. The van der Waals surface area contributed by atoms with E-state index in [1.54, 1.807) is 13.2 Å². The molecule has 1 fully saturated rings. The van der Waals surface area contributed by atoms with Crippen LogP contribution < -0.4 is 19.5 Å². The molecule has 8 heteroatoms. The van der Waals surface area contributed by atoms with Crippen LogP contribution in [0.25, 0.3) is 0 Å². The number of alkyl halides is 3. The molecule has 0 aliphatic carbocycles. The van der Waals surface area contributed by atoms with E-state index in [0.717, 1.165) is 56.3 Å². The summed E-state index contributed by atoms with van der Waals surface area (Å²) in [5, 5.41) is 0. The first-order valence-corrected chi connectivity index (χ1v) is 9.13. The van der Waals surface area contributed by atoms with Crippen LogP contribution in [0.5, 0.6) is 5.75 Å². The Kier molecular flexibility index (Phi) is 5.88. The van der Waals surface area contributed by atoms with Gasteiger partial charge in [0.1, 0.15) is 44.7 Å². The number of nitrogens with one attached hydrogen (secondary N) is 2. The number of ketones is 1. The van der Waals surface area contributed by atoms with Crippen LogP contribution >= 0.6 is 0 Å². The van der Waals surface area contributed by atoms with Gasteiger partial charge in [0.25, 0.3) is 5.82 Å². The molecular formula is C20H24F3N3O2+2. The predicted molar refractivity (Wildman–Crippen MR) is 97.6 cm³/mol. The molecule has 1 aromatic carbocycles. The van der Waals surface area contributed by atoms with Crippen LogP contribution in [0.3, 0.4) is 0 Å². The summed E-state index contributed by atoms with van der Waals surface area (Å²) in [6, 6.07) is 8.04. The zero-order valence-corrected chi connectivity index (χ0v) is 15.9. The van der Waals surface area contributed by atoms with E-state index in [2.05, 4.69) is 4.98 Å². The number of anilines is 1. The zero-order valence-electron chi connectivity index (χ0n) is 15.9. The van der Waals surface area contributed by atoms with Gasteiger partial charge in [-0.3, -0.25) is 9.69 Å². The van der Waals surface area contributed by atoms with E-state index >= 15 is 0 Å². The molecule has 0 bridgehead atoms. The normalized spacial score (nSPS) is 15.5. The zero-order chi connectivity index (χ0) is 20.3. The fourth-order valence-electron chi connectivity index (χ4n) is 3.44. The highest BCUT2D eigenvalue weighted by Crippen LogP contribution is 2.28. The fraction of sp³-hybridized carbons (Fsp3) is 0.400. The van der Waals surface area contributed by atoms with Crippen LogP contribution in [0.4, 0.5) is 19.0 Å². The summed E-state index contributed by atoms with van der Waals surface area (Å²) in [6.45, 7) is 5.40. The highest BCUT2D eigenvalue weighted by atomic mass is 19.4. The number of carbonyl (C=O) groups excluding carboxylic acids is 1. The van der Waals surface area contributed by atoms with E-state index in [9.17, 15) is 18.0 Å². The standard InChI is InChI=1S/C20H22F3N3O2/c1-14(27)15-3-5-18(28-2)16(11-15)13-25-7-9-26(10-8-25)19-6-4-17(12-24-19)20(21,22)23/h3-6,11-12H,7-10,13H2,1-2H3/p+2. The van der Waals surface area contributed by atoms with Crippen molar-refractivity contribution in [3.8, 4) is 5.75 Å². The summed E-state index contributed by atoms with van der Waals surface area (Å²) < 4.78 is 43.5. The highest BCUT2D eigenvalue weighted by molar-refractivity contribution is 5.94. The third-order valence-electron chi connectivity index (χ3n) is 5.06. The number of quaternary nitrogens is 1. The van der Waals surface area contributed by atoms with Crippen molar-refractivity contribution in [2.45, 2.75) is 19.6 Å². The maximum Gasteiger partial charge on any atom is 0.419 e. The second-order valence-electron chi connectivity index (χ2n) is 6.96. The number of pyridine rings is 1. The molecule has 0 atom stereocenters. The van der Waals surface area contributed by atoms with Crippen molar-refractivity contribution in [3.63, 3.8) is 0 Å². The van der Waals surface area contributed by atoms with Gasteiger partial charge < -0.3 is 9.64 Å². The number of carbonyl (C=O) groups is 1. The van der Waals surface area contributed by atoms with E-state index < -0.39 is 11.7 Å². The van der Waals surface area contributed by atoms with Crippen LogP contribution in [-0.2, 0) is 12.7 Å². The number of halogens is 3. The number of hydrogen-bond donors (Lipinski definition) is 1. The van der Waals surface area contributed by atoms with Crippen LogP contribution in [0.2, 0.25) is 0 Å². The van der Waals surface area contributed by atoms with Gasteiger partial charge in [0.15, 0.2) is 5.78 Å². The second kappa shape index (κ2) is 8.18. The first-order valence-electron chi connectivity index (χ1n) is 9.13. The number of hydrogen-bond acceptors (Lipinski definition) is 3. The first kappa shape index (κ1) is 20.1. The Morgan fingerprint density at radius 1 is 1.21 bits per heavy atom. The Balaban J connectivity index is 1.63. The third-order valence-corrected chi connectivity index (χ3v) is 5.06. The fourth-order valence-corrected chi connectivity index (χ4v) is 3.44. The summed E-state index contributed by atoms with van der Waals surface area (Å²) in [7, 11) is 1.61. The summed E-state index contributed by atoms with van der Waals surface area (Å²) in [4.78, 5) is 17.8. The summed E-state index contributed by atoms with van der Waals surface area (Å²) in [5.41, 5.74) is 0.964. The van der Waals surface area contributed by atoms with Crippen molar-refractivity contribution >= 4 is 11.6 Å². The van der Waals surface area contributed by atoms with Crippen molar-refractivity contribution in [3.05, 3.63) is 53.2 Å². The monoisotopic (exact) mass is 395 g/mol. The minimum atomic E-state index is -4.34. The maximum absolute atomic E-state index is 12.7. The lowest BCUT2D eigenvalue weighted by molar-refractivity contribution is -0.914. The Labute approximate surface area is 161 Å². The van der Waals surface area contributed by atoms with E-state index in [0.29, 0.717) is 11.4 Å². The number of Topliss-reactive ketones (excluding diaryl/α,β-unsaturated/α-hetero) is 1. The van der Waals surface area contributed by atoms with Crippen molar-refractivity contribution < 1.29 is 32.6 Å². The second-order valence-corrected chi connectivity index (χ2v) is 6.96. The molecule has 1 saturated heterocycles. The molecule has 1 aliphatic rings. The van der Waals surface area contributed by atoms with Crippen molar-refractivity contribution in [2.75, 3.05) is 38.2 Å². The van der Waals surface area contributed by atoms with Crippen LogP contribution in [0, 0.1) is 0 Å². The van der Waals surface area contributed by atoms with Crippen molar-refractivity contribution in [1.82, 2.24) is 0 Å². The molecule has 1 aliphatic heterocycles. The lowest BCUT2D eigenvalue weighted by Crippen LogP contribution is -3.13. The maximum atomic E-state index is 12.7. The number of aromatic amines is 1. The number of aromatic nitrogens is 1. The number of H-pyrrole nitrogens is 1. The summed E-state index contributed by atoms with van der Waals surface area (Å²) in [6.07, 6.45) is -3.34. The molecule has 0 amide bonds. The number of rotatable bonds is 5. The largest absolute Gasteiger partial charge is 0.496 e. The van der Waals surface area contributed by atoms with Crippen LogP contribution in [0.1, 0.15) is 28.4 Å². The van der Waals surface area contributed by atoms with Gasteiger partial charge in [-0.15, -0.1) is 0 Å². The van der Waals surface area contributed by atoms with E-state index in [4.69, 9.17) is 4.74 Å². The number of methoxy groups -OCH3 is 1. The van der Waals surface area contributed by atoms with Gasteiger partial charge >= 0.3 is 6.18 Å². The molecule has 2 N–H and O–H groups in total. The van der Waals surface area contributed by atoms with Crippen molar-refractivity contribution in [2.24, 2.45) is 0 Å². The molecule has 0 spiro atoms. The minimum absolute atomic E-state index is 0.0153. The van der Waals surface area contributed by atoms with Gasteiger partial charge in [0, 0.05) is 17.2 Å². The molecule has 150 valence electrons. The summed E-state index contributed by atoms with van der Waals surface area (Å²) in [5.74, 6) is 1.46. The molecule has 0 saturated carbocycles. The molecule has 3 rings (SSSR count). The lowest BCUT2D eigenvalue weighted by atomic mass is 10.1. The number of benzene rings is 1. The van der Waals surface area contributed by atoms with Gasteiger partial charge in [-0.1, -0.05) is 0 Å². The molecule has 0 unspecified atom stereocenters. The van der Waals surface area contributed by atoms with Gasteiger partial charge in [-0.25, -0.2) is 4.98 Å².